The summed E-state index contributed by atoms with van der Waals surface area (Å²) in [6, 6.07) is 6.41. The minimum absolute atomic E-state index is 0.0642. The highest BCUT2D eigenvalue weighted by Gasteiger charge is 2.54. The molecule has 0 saturated carbocycles. The van der Waals surface area contributed by atoms with Gasteiger partial charge in [-0.15, -0.1) is 0 Å². The Morgan fingerprint density at radius 3 is 2.40 bits per heavy atom. The zero-order valence-corrected chi connectivity index (χ0v) is 18.3. The molecule has 4 amide bonds. The van der Waals surface area contributed by atoms with E-state index in [4.69, 9.17) is 5.11 Å². The average Bonchev–Trinajstić information content (AvgIpc) is 2.88. The van der Waals surface area contributed by atoms with Crippen LogP contribution in [0.25, 0.3) is 0 Å². The second-order valence-electron chi connectivity index (χ2n) is 7.46. The fourth-order valence-corrected chi connectivity index (χ4v) is 3.45. The number of carbonyl (C=O) groups is 5. The molecule has 1 aromatic carbocycles. The number of carbonyl (C=O) groups excluding carboxylic acids is 4. The number of hydrogen-bond acceptors (Lipinski definition) is 5. The summed E-state index contributed by atoms with van der Waals surface area (Å²) in [7, 11) is 0. The topological polar surface area (TPSA) is 133 Å². The molecule has 0 bridgehead atoms. The van der Waals surface area contributed by atoms with Crippen LogP contribution in [0, 0.1) is 5.92 Å². The lowest BCUT2D eigenvalue weighted by Crippen LogP contribution is -2.54. The van der Waals surface area contributed by atoms with Gasteiger partial charge in [-0.05, 0) is 23.6 Å². The Hall–Kier alpha value is -2.75. The van der Waals surface area contributed by atoms with Crippen molar-refractivity contribution in [3.05, 3.63) is 34.3 Å². The summed E-state index contributed by atoms with van der Waals surface area (Å²) in [5, 5.41) is 13.7. The van der Waals surface area contributed by atoms with Gasteiger partial charge in [-0.25, -0.2) is 4.79 Å². The minimum Gasteiger partial charge on any atom is -0.481 e. The molecule has 30 heavy (non-hydrogen) atoms. The lowest BCUT2D eigenvalue weighted by Gasteiger charge is -2.30. The fraction of sp³-hybridized carbons (Fsp3) is 0.450. The molecule has 1 aliphatic heterocycles. The maximum atomic E-state index is 13.0. The first kappa shape index (κ1) is 23.5. The summed E-state index contributed by atoms with van der Waals surface area (Å²) in [5.74, 6) is -2.99. The normalized spacial score (nSPS) is 18.5. The van der Waals surface area contributed by atoms with Crippen LogP contribution >= 0.6 is 15.9 Å². The largest absolute Gasteiger partial charge is 0.481 e. The first-order valence-corrected chi connectivity index (χ1v) is 10.2. The quantitative estimate of drug-likeness (QED) is 0.433. The molecular weight excluding hydrogens is 458 g/mol. The van der Waals surface area contributed by atoms with Gasteiger partial charge in [-0.1, -0.05) is 41.9 Å². The van der Waals surface area contributed by atoms with Crippen LogP contribution in [0.3, 0.4) is 0 Å². The molecule has 1 aliphatic rings. The van der Waals surface area contributed by atoms with Gasteiger partial charge in [0, 0.05) is 17.4 Å². The molecule has 1 unspecified atom stereocenters. The number of nitrogens with zero attached hydrogens (tertiary/aromatic N) is 1. The Labute approximate surface area is 182 Å². The Morgan fingerprint density at radius 2 is 1.83 bits per heavy atom. The molecule has 3 N–H and O–H groups in total. The number of imide groups is 1. The van der Waals surface area contributed by atoms with E-state index in [-0.39, 0.29) is 31.6 Å². The second-order valence-corrected chi connectivity index (χ2v) is 8.38. The second kappa shape index (κ2) is 9.84. The van der Waals surface area contributed by atoms with E-state index in [1.807, 2.05) is 0 Å². The van der Waals surface area contributed by atoms with Gasteiger partial charge in [0.25, 0.3) is 5.91 Å². The third kappa shape index (κ3) is 5.65. The predicted molar refractivity (Wildman–Crippen MR) is 111 cm³/mol. The molecule has 2 rings (SSSR count). The van der Waals surface area contributed by atoms with Crippen LogP contribution in [0.4, 0.5) is 4.79 Å². The first-order valence-electron chi connectivity index (χ1n) is 9.44. The van der Waals surface area contributed by atoms with Crippen LogP contribution in [0.15, 0.2) is 28.7 Å². The molecule has 1 heterocycles. The van der Waals surface area contributed by atoms with E-state index in [9.17, 15) is 24.0 Å². The molecule has 0 aliphatic carbocycles. The Bertz CT molecular complexity index is 855. The van der Waals surface area contributed by atoms with Crippen LogP contribution in [-0.4, -0.2) is 58.2 Å². The number of ketones is 1. The molecule has 0 spiro atoms. The van der Waals surface area contributed by atoms with Crippen LogP contribution in [0.2, 0.25) is 0 Å². The van der Waals surface area contributed by atoms with E-state index >= 15 is 0 Å². The fourth-order valence-electron chi connectivity index (χ4n) is 3.19. The number of hydrogen-bond donors (Lipinski definition) is 3. The smallest absolute Gasteiger partial charge is 0.325 e. The van der Waals surface area contributed by atoms with Gasteiger partial charge in [-0.2, -0.15) is 0 Å². The van der Waals surface area contributed by atoms with Crippen LogP contribution in [-0.2, 0) is 25.6 Å². The number of urea groups is 1. The molecule has 1 saturated heterocycles. The van der Waals surface area contributed by atoms with E-state index in [0.717, 1.165) is 14.9 Å². The van der Waals surface area contributed by atoms with Crippen molar-refractivity contribution in [2.24, 2.45) is 5.92 Å². The summed E-state index contributed by atoms with van der Waals surface area (Å²) in [6.07, 6.45) is -0.529. The van der Waals surface area contributed by atoms with Crippen molar-refractivity contribution in [1.82, 2.24) is 15.5 Å². The highest BCUT2D eigenvalue weighted by Crippen LogP contribution is 2.29. The van der Waals surface area contributed by atoms with Crippen molar-refractivity contribution in [3.8, 4) is 0 Å². The Balaban J connectivity index is 2.06. The number of carboxylic acid groups (broad SMARTS) is 1. The predicted octanol–water partition coefficient (Wildman–Crippen LogP) is 1.49. The number of carboxylic acids is 1. The summed E-state index contributed by atoms with van der Waals surface area (Å²) in [4.78, 5) is 61.6. The van der Waals surface area contributed by atoms with Gasteiger partial charge in [0.2, 0.25) is 5.91 Å². The van der Waals surface area contributed by atoms with Gasteiger partial charge in [0.05, 0.1) is 19.4 Å². The van der Waals surface area contributed by atoms with Crippen LogP contribution in [0.5, 0.6) is 0 Å². The maximum Gasteiger partial charge on any atom is 0.325 e. The lowest BCUT2D eigenvalue weighted by molar-refractivity contribution is -0.139. The molecule has 0 radical (unpaired) electrons. The summed E-state index contributed by atoms with van der Waals surface area (Å²) in [6.45, 7) is 2.90. The summed E-state index contributed by atoms with van der Waals surface area (Å²) >= 11 is 3.31. The first-order chi connectivity index (χ1) is 14.0. The third-order valence-electron chi connectivity index (χ3n) is 4.94. The van der Waals surface area contributed by atoms with E-state index in [1.165, 1.54) is 0 Å². The highest BCUT2D eigenvalue weighted by atomic mass is 79.9. The number of amides is 4. The van der Waals surface area contributed by atoms with Crippen molar-refractivity contribution in [2.75, 3.05) is 13.1 Å². The van der Waals surface area contributed by atoms with Gasteiger partial charge in [-0.3, -0.25) is 24.1 Å². The SMILES string of the molecule is CC(C)C1(CC(=O)NCCC(=O)O)NC(=O)N(CC(=O)Cc2ccc(Br)cc2)C1=O. The average molecular weight is 482 g/mol. The van der Waals surface area contributed by atoms with Crippen LogP contribution in [0.1, 0.15) is 32.3 Å². The van der Waals surface area contributed by atoms with Crippen LogP contribution < -0.4 is 10.6 Å². The van der Waals surface area contributed by atoms with Crippen molar-refractivity contribution in [2.45, 2.75) is 38.6 Å². The molecule has 162 valence electrons. The number of benzene rings is 1. The van der Waals surface area contributed by atoms with Gasteiger partial charge in [0.1, 0.15) is 5.54 Å². The van der Waals surface area contributed by atoms with Gasteiger partial charge >= 0.3 is 12.0 Å². The lowest BCUT2D eigenvalue weighted by atomic mass is 9.82. The highest BCUT2D eigenvalue weighted by molar-refractivity contribution is 9.10. The Kier molecular flexibility index (Phi) is 7.71. The maximum absolute atomic E-state index is 13.0. The van der Waals surface area contributed by atoms with Gasteiger partial charge in [0.15, 0.2) is 5.78 Å². The van der Waals surface area contributed by atoms with Crippen molar-refractivity contribution >= 4 is 45.5 Å². The summed E-state index contributed by atoms with van der Waals surface area (Å²) in [5.41, 5.74) is -0.731. The van der Waals surface area contributed by atoms with E-state index < -0.39 is 41.8 Å². The van der Waals surface area contributed by atoms with Crippen molar-refractivity contribution in [3.63, 3.8) is 0 Å². The standard InChI is InChI=1S/C20H24BrN3O6/c1-12(2)20(10-16(26)22-8-7-17(27)28)18(29)24(19(30)23-20)11-15(25)9-13-3-5-14(21)6-4-13/h3-6,12H,7-11H2,1-2H3,(H,22,26)(H,23,30)(H,27,28). The van der Waals surface area contributed by atoms with Gasteiger partial charge < -0.3 is 15.7 Å². The van der Waals surface area contributed by atoms with E-state index in [0.29, 0.717) is 0 Å². The van der Waals surface area contributed by atoms with Crippen molar-refractivity contribution < 1.29 is 29.1 Å². The molecule has 9 nitrogen and oxygen atoms in total. The molecule has 1 fully saturated rings. The number of aliphatic carboxylic acids is 1. The third-order valence-corrected chi connectivity index (χ3v) is 5.47. The monoisotopic (exact) mass is 481 g/mol. The zero-order chi connectivity index (χ0) is 22.5. The number of halogens is 1. The molecule has 0 aromatic heterocycles. The summed E-state index contributed by atoms with van der Waals surface area (Å²) < 4.78 is 0.871. The minimum atomic E-state index is -1.48. The van der Waals surface area contributed by atoms with E-state index in [2.05, 4.69) is 26.6 Å². The Morgan fingerprint density at radius 1 is 1.20 bits per heavy atom. The zero-order valence-electron chi connectivity index (χ0n) is 16.7. The van der Waals surface area contributed by atoms with E-state index in [1.54, 1.807) is 38.1 Å². The molecule has 1 aromatic rings. The number of rotatable bonds is 10. The molecule has 1 atom stereocenters. The number of nitrogens with one attached hydrogen (secondary N) is 2. The molecule has 10 heteroatoms. The molecular formula is C20H24BrN3O6. The number of Topliss-reactive ketones (excluding diaryl/α,β-unsaturated/α-hetero) is 1. The van der Waals surface area contributed by atoms with Crippen molar-refractivity contribution in [1.29, 1.82) is 0 Å².